The van der Waals surface area contributed by atoms with Crippen LogP contribution < -0.4 is 10.6 Å². The molecule has 2 N–H and O–H groups in total. The predicted octanol–water partition coefficient (Wildman–Crippen LogP) is 5.56. The van der Waals surface area contributed by atoms with Gasteiger partial charge in [0.25, 0.3) is 0 Å². The zero-order valence-electron chi connectivity index (χ0n) is 20.6. The van der Waals surface area contributed by atoms with Gasteiger partial charge in [-0.25, -0.2) is 4.79 Å². The molecule has 0 spiro atoms. The molecule has 0 radical (unpaired) electrons. The van der Waals surface area contributed by atoms with Crippen molar-refractivity contribution in [3.63, 3.8) is 0 Å². The van der Waals surface area contributed by atoms with Crippen molar-refractivity contribution in [3.05, 3.63) is 102 Å². The number of likely N-dealkylation sites (tertiary alicyclic amines) is 1. The number of amides is 2. The van der Waals surface area contributed by atoms with Gasteiger partial charge in [-0.3, -0.25) is 9.69 Å². The SMILES string of the molecule is C[C@@H](CN(C(N)=O)c1cccc(C(=O)C2CCN(C)CC2)c1)C(c1ccccc1)c1ccccc1. The number of urea groups is 1. The van der Waals surface area contributed by atoms with Gasteiger partial charge in [0.15, 0.2) is 5.78 Å². The molecule has 35 heavy (non-hydrogen) atoms. The highest BCUT2D eigenvalue weighted by Gasteiger charge is 2.27. The Morgan fingerprint density at radius 3 is 2.03 bits per heavy atom. The number of hydrogen-bond acceptors (Lipinski definition) is 3. The summed E-state index contributed by atoms with van der Waals surface area (Å²) in [6.45, 7) is 4.45. The lowest BCUT2D eigenvalue weighted by molar-refractivity contribution is 0.0857. The van der Waals surface area contributed by atoms with E-state index in [9.17, 15) is 9.59 Å². The smallest absolute Gasteiger partial charge is 0.319 e. The first-order valence-electron chi connectivity index (χ1n) is 12.4. The molecule has 1 fully saturated rings. The van der Waals surface area contributed by atoms with Gasteiger partial charge in [-0.2, -0.15) is 0 Å². The van der Waals surface area contributed by atoms with Crippen LogP contribution in [0, 0.1) is 11.8 Å². The van der Waals surface area contributed by atoms with E-state index in [0.717, 1.165) is 25.9 Å². The maximum atomic E-state index is 13.2. The molecule has 0 aliphatic carbocycles. The summed E-state index contributed by atoms with van der Waals surface area (Å²) in [5, 5.41) is 0. The fourth-order valence-electron chi connectivity index (χ4n) is 5.22. The van der Waals surface area contributed by atoms with Crippen LogP contribution in [0.15, 0.2) is 84.9 Å². The standard InChI is InChI=1S/C30H35N3O2/c1-22(28(23-10-5-3-6-11-23)24-12-7-4-8-13-24)21-33(30(31)35)27-15-9-14-26(20-27)29(34)25-16-18-32(2)19-17-25/h3-15,20,22,25,28H,16-19,21H2,1-2H3,(H2,31,35)/t22-/m0/s1. The number of piperidine rings is 1. The van der Waals surface area contributed by atoms with Gasteiger partial charge < -0.3 is 10.6 Å². The van der Waals surface area contributed by atoms with Crippen LogP contribution in [0.25, 0.3) is 0 Å². The molecule has 5 heteroatoms. The first kappa shape index (κ1) is 24.7. The molecule has 0 unspecified atom stereocenters. The van der Waals surface area contributed by atoms with E-state index in [0.29, 0.717) is 17.8 Å². The van der Waals surface area contributed by atoms with E-state index >= 15 is 0 Å². The van der Waals surface area contributed by atoms with Crippen LogP contribution >= 0.6 is 0 Å². The van der Waals surface area contributed by atoms with Crippen molar-refractivity contribution in [2.75, 3.05) is 31.6 Å². The van der Waals surface area contributed by atoms with Crippen molar-refractivity contribution in [2.45, 2.75) is 25.7 Å². The Morgan fingerprint density at radius 2 is 1.49 bits per heavy atom. The van der Waals surface area contributed by atoms with Gasteiger partial charge in [-0.05, 0) is 62.2 Å². The summed E-state index contributed by atoms with van der Waals surface area (Å²) >= 11 is 0. The van der Waals surface area contributed by atoms with Gasteiger partial charge in [0, 0.05) is 29.6 Å². The third kappa shape index (κ3) is 5.98. The first-order valence-corrected chi connectivity index (χ1v) is 12.4. The van der Waals surface area contributed by atoms with Crippen LogP contribution in [0.3, 0.4) is 0 Å². The summed E-state index contributed by atoms with van der Waals surface area (Å²) in [7, 11) is 2.09. The van der Waals surface area contributed by atoms with E-state index in [2.05, 4.69) is 43.1 Å². The van der Waals surface area contributed by atoms with Crippen LogP contribution in [0.1, 0.15) is 47.2 Å². The molecule has 0 bridgehead atoms. The van der Waals surface area contributed by atoms with E-state index in [1.54, 1.807) is 4.90 Å². The number of carbonyl (C=O) groups excluding carboxylic acids is 2. The van der Waals surface area contributed by atoms with Gasteiger partial charge in [0.1, 0.15) is 0 Å². The number of nitrogens with two attached hydrogens (primary N) is 1. The lowest BCUT2D eigenvalue weighted by Gasteiger charge is -2.31. The first-order chi connectivity index (χ1) is 16.9. The Labute approximate surface area is 208 Å². The molecule has 3 aromatic rings. The Bertz CT molecular complexity index is 1090. The van der Waals surface area contributed by atoms with Gasteiger partial charge >= 0.3 is 6.03 Å². The third-order valence-electron chi connectivity index (χ3n) is 7.15. The molecular weight excluding hydrogens is 434 g/mol. The largest absolute Gasteiger partial charge is 0.351 e. The minimum absolute atomic E-state index is 0.0305. The summed E-state index contributed by atoms with van der Waals surface area (Å²) in [4.78, 5) is 29.7. The number of primary amides is 1. The van der Waals surface area contributed by atoms with Crippen molar-refractivity contribution >= 4 is 17.5 Å². The lowest BCUT2D eigenvalue weighted by Crippen LogP contribution is -2.40. The van der Waals surface area contributed by atoms with E-state index in [1.807, 2.05) is 60.7 Å². The molecule has 4 rings (SSSR count). The minimum atomic E-state index is -0.513. The number of nitrogens with zero attached hydrogens (tertiary/aromatic N) is 2. The van der Waals surface area contributed by atoms with E-state index in [4.69, 9.17) is 5.73 Å². The predicted molar refractivity (Wildman–Crippen MR) is 142 cm³/mol. The van der Waals surface area contributed by atoms with Gasteiger partial charge in [0.05, 0.1) is 0 Å². The molecule has 1 aliphatic heterocycles. The topological polar surface area (TPSA) is 66.6 Å². The molecule has 1 heterocycles. The Hall–Kier alpha value is -3.44. The zero-order valence-corrected chi connectivity index (χ0v) is 20.6. The van der Waals surface area contributed by atoms with Crippen LogP contribution in [-0.4, -0.2) is 43.4 Å². The van der Waals surface area contributed by atoms with Gasteiger partial charge in [-0.1, -0.05) is 79.7 Å². The number of rotatable bonds is 8. The Morgan fingerprint density at radius 1 is 0.914 bits per heavy atom. The second-order valence-corrected chi connectivity index (χ2v) is 9.72. The number of carbonyl (C=O) groups is 2. The molecule has 182 valence electrons. The highest BCUT2D eigenvalue weighted by Crippen LogP contribution is 2.33. The van der Waals surface area contributed by atoms with Gasteiger partial charge in [0.2, 0.25) is 0 Å². The van der Waals surface area contributed by atoms with Crippen LogP contribution in [0.5, 0.6) is 0 Å². The highest BCUT2D eigenvalue weighted by atomic mass is 16.2. The van der Waals surface area contributed by atoms with Crippen LogP contribution in [0.2, 0.25) is 0 Å². The molecule has 3 aromatic carbocycles. The molecule has 1 atom stereocenters. The quantitative estimate of drug-likeness (QED) is 0.439. The summed E-state index contributed by atoms with van der Waals surface area (Å²) in [5.41, 5.74) is 9.59. The summed E-state index contributed by atoms with van der Waals surface area (Å²) in [6.07, 6.45) is 1.73. The van der Waals surface area contributed by atoms with E-state index in [-0.39, 0.29) is 23.5 Å². The maximum absolute atomic E-state index is 13.2. The van der Waals surface area contributed by atoms with Gasteiger partial charge in [-0.15, -0.1) is 0 Å². The van der Waals surface area contributed by atoms with Crippen LogP contribution in [0.4, 0.5) is 10.5 Å². The average molecular weight is 470 g/mol. The Kier molecular flexibility index (Phi) is 7.98. The van der Waals surface area contributed by atoms with Crippen molar-refractivity contribution in [2.24, 2.45) is 17.6 Å². The second kappa shape index (κ2) is 11.3. The van der Waals surface area contributed by atoms with Crippen LogP contribution in [-0.2, 0) is 0 Å². The number of hydrogen-bond donors (Lipinski definition) is 1. The molecule has 2 amide bonds. The summed E-state index contributed by atoms with van der Waals surface area (Å²) in [5.74, 6) is 0.371. The number of ketones is 1. The molecule has 1 aliphatic rings. The Balaban J connectivity index is 1.58. The number of Topliss-reactive ketones (excluding diaryl/α,β-unsaturated/α-hetero) is 1. The van der Waals surface area contributed by atoms with Crippen molar-refractivity contribution in [1.29, 1.82) is 0 Å². The van der Waals surface area contributed by atoms with E-state index < -0.39 is 6.03 Å². The summed E-state index contributed by atoms with van der Waals surface area (Å²) in [6, 6.07) is 27.6. The molecular formula is C30H35N3O2. The zero-order chi connectivity index (χ0) is 24.8. The average Bonchev–Trinajstić information content (AvgIpc) is 2.88. The maximum Gasteiger partial charge on any atom is 0.319 e. The van der Waals surface area contributed by atoms with Crippen molar-refractivity contribution < 1.29 is 9.59 Å². The fraction of sp³-hybridized carbons (Fsp3) is 0.333. The normalized spacial score (nSPS) is 15.6. The third-order valence-corrected chi connectivity index (χ3v) is 7.15. The summed E-state index contributed by atoms with van der Waals surface area (Å²) < 4.78 is 0. The van der Waals surface area contributed by atoms with Crippen molar-refractivity contribution in [3.8, 4) is 0 Å². The molecule has 0 aromatic heterocycles. The molecule has 1 saturated heterocycles. The number of benzene rings is 3. The van der Waals surface area contributed by atoms with E-state index in [1.165, 1.54) is 11.1 Å². The minimum Gasteiger partial charge on any atom is -0.351 e. The fourth-order valence-corrected chi connectivity index (χ4v) is 5.22. The van der Waals surface area contributed by atoms with Crippen molar-refractivity contribution in [1.82, 2.24) is 4.90 Å². The molecule has 5 nitrogen and oxygen atoms in total. The molecule has 0 saturated carbocycles. The monoisotopic (exact) mass is 469 g/mol. The second-order valence-electron chi connectivity index (χ2n) is 9.72. The lowest BCUT2D eigenvalue weighted by atomic mass is 9.81. The number of anilines is 1. The highest BCUT2D eigenvalue weighted by molar-refractivity contribution is 6.00.